The molecule has 3 aromatic carbocycles. The van der Waals surface area contributed by atoms with E-state index in [-0.39, 0.29) is 31.0 Å². The summed E-state index contributed by atoms with van der Waals surface area (Å²) < 4.78 is 6.44. The zero-order valence-electron chi connectivity index (χ0n) is 19.5. The summed E-state index contributed by atoms with van der Waals surface area (Å²) in [6.07, 6.45) is 0.347. The second-order valence-electron chi connectivity index (χ2n) is 8.35. The van der Waals surface area contributed by atoms with Gasteiger partial charge in [-0.3, -0.25) is 9.59 Å². The lowest BCUT2D eigenvalue weighted by Crippen LogP contribution is -2.52. The Morgan fingerprint density at radius 1 is 1.00 bits per heavy atom. The van der Waals surface area contributed by atoms with Crippen LogP contribution in [0.25, 0.3) is 0 Å². The maximum atomic E-state index is 13.6. The molecule has 0 bridgehead atoms. The van der Waals surface area contributed by atoms with Crippen LogP contribution in [0.1, 0.15) is 25.0 Å². The number of nitrogens with one attached hydrogen (secondary N) is 1. The van der Waals surface area contributed by atoms with Crippen molar-refractivity contribution in [3.05, 3.63) is 98.4 Å². The zero-order valence-corrected chi connectivity index (χ0v) is 22.6. The third-order valence-electron chi connectivity index (χ3n) is 5.25. The van der Waals surface area contributed by atoms with Crippen molar-refractivity contribution >= 4 is 50.9 Å². The first-order valence-electron chi connectivity index (χ1n) is 11.2. The molecule has 0 radical (unpaired) electrons. The Bertz CT molecular complexity index is 1160. The van der Waals surface area contributed by atoms with Gasteiger partial charge >= 0.3 is 0 Å². The molecule has 184 valence electrons. The average molecular weight is 578 g/mol. The number of hydrogen-bond donors (Lipinski definition) is 1. The van der Waals surface area contributed by atoms with E-state index in [9.17, 15) is 9.59 Å². The van der Waals surface area contributed by atoms with Crippen LogP contribution in [0.3, 0.4) is 0 Å². The van der Waals surface area contributed by atoms with Crippen LogP contribution in [0.2, 0.25) is 10.0 Å². The van der Waals surface area contributed by atoms with Gasteiger partial charge in [-0.25, -0.2) is 0 Å². The maximum Gasteiger partial charge on any atom is 0.261 e. The van der Waals surface area contributed by atoms with Gasteiger partial charge < -0.3 is 15.0 Å². The molecular formula is C27H27BrCl2N2O3. The Balaban J connectivity index is 1.93. The van der Waals surface area contributed by atoms with E-state index < -0.39 is 6.04 Å². The summed E-state index contributed by atoms with van der Waals surface area (Å²) in [6, 6.07) is 21.1. The van der Waals surface area contributed by atoms with E-state index in [1.54, 1.807) is 24.3 Å². The standard InChI is InChI=1S/C27H27BrCl2N2O3/c1-18(2)31-27(34)24(14-19-8-4-3-5-9-19)32(16-20-10-6-7-11-23(20)30)26(33)17-35-25-13-12-21(29)15-22(25)28/h3-13,15,18,24H,14,16-17H2,1-2H3,(H,31,34). The van der Waals surface area contributed by atoms with E-state index >= 15 is 0 Å². The molecule has 3 aromatic rings. The van der Waals surface area contributed by atoms with Gasteiger partial charge in [0.25, 0.3) is 5.91 Å². The highest BCUT2D eigenvalue weighted by atomic mass is 79.9. The molecule has 3 rings (SSSR count). The largest absolute Gasteiger partial charge is 0.483 e. The molecule has 5 nitrogen and oxygen atoms in total. The van der Waals surface area contributed by atoms with Crippen molar-refractivity contribution in [3.8, 4) is 5.75 Å². The van der Waals surface area contributed by atoms with E-state index in [2.05, 4.69) is 21.2 Å². The molecule has 2 amide bonds. The Labute approximate surface area is 224 Å². The van der Waals surface area contributed by atoms with Crippen molar-refractivity contribution < 1.29 is 14.3 Å². The molecule has 35 heavy (non-hydrogen) atoms. The van der Waals surface area contributed by atoms with Crippen LogP contribution in [0, 0.1) is 0 Å². The third-order valence-corrected chi connectivity index (χ3v) is 6.47. The predicted molar refractivity (Wildman–Crippen MR) is 144 cm³/mol. The molecular weight excluding hydrogens is 551 g/mol. The van der Waals surface area contributed by atoms with Gasteiger partial charge in [-0.15, -0.1) is 0 Å². The van der Waals surface area contributed by atoms with Crippen molar-refractivity contribution in [1.82, 2.24) is 10.2 Å². The molecule has 1 unspecified atom stereocenters. The fraction of sp³-hybridized carbons (Fsp3) is 0.259. The molecule has 0 saturated heterocycles. The van der Waals surface area contributed by atoms with Gasteiger partial charge in [0.1, 0.15) is 11.8 Å². The predicted octanol–water partition coefficient (Wildman–Crippen LogP) is 6.30. The number of amides is 2. The summed E-state index contributed by atoms with van der Waals surface area (Å²) in [4.78, 5) is 28.5. The normalized spacial score (nSPS) is 11.7. The highest BCUT2D eigenvalue weighted by molar-refractivity contribution is 9.10. The van der Waals surface area contributed by atoms with Gasteiger partial charge in [-0.2, -0.15) is 0 Å². The van der Waals surface area contributed by atoms with E-state index in [1.807, 2.05) is 62.4 Å². The molecule has 0 aliphatic carbocycles. The van der Waals surface area contributed by atoms with Crippen molar-refractivity contribution in [3.63, 3.8) is 0 Å². The summed E-state index contributed by atoms with van der Waals surface area (Å²) in [5, 5.41) is 4.03. The second-order valence-corrected chi connectivity index (χ2v) is 10.0. The van der Waals surface area contributed by atoms with Gasteiger partial charge in [0.2, 0.25) is 5.91 Å². The van der Waals surface area contributed by atoms with E-state index in [0.717, 1.165) is 11.1 Å². The van der Waals surface area contributed by atoms with Gasteiger partial charge in [0.15, 0.2) is 6.61 Å². The lowest BCUT2D eigenvalue weighted by molar-refractivity contribution is -0.143. The summed E-state index contributed by atoms with van der Waals surface area (Å²) in [5.74, 6) is -0.102. The van der Waals surface area contributed by atoms with Crippen LogP contribution in [-0.4, -0.2) is 35.4 Å². The van der Waals surface area contributed by atoms with E-state index in [1.165, 1.54) is 4.90 Å². The van der Waals surface area contributed by atoms with E-state index in [0.29, 0.717) is 26.7 Å². The van der Waals surface area contributed by atoms with Crippen molar-refractivity contribution in [2.24, 2.45) is 0 Å². The Hall–Kier alpha value is -2.54. The lowest BCUT2D eigenvalue weighted by Gasteiger charge is -2.32. The smallest absolute Gasteiger partial charge is 0.261 e. The summed E-state index contributed by atoms with van der Waals surface area (Å²) in [6.45, 7) is 3.68. The number of hydrogen-bond acceptors (Lipinski definition) is 3. The van der Waals surface area contributed by atoms with Crippen LogP contribution in [0.5, 0.6) is 5.75 Å². The molecule has 0 spiro atoms. The molecule has 1 N–H and O–H groups in total. The minimum Gasteiger partial charge on any atom is -0.483 e. The molecule has 0 aromatic heterocycles. The number of nitrogens with zero attached hydrogens (tertiary/aromatic N) is 1. The summed E-state index contributed by atoms with van der Waals surface area (Å²) in [7, 11) is 0. The molecule has 1 atom stereocenters. The second kappa shape index (κ2) is 13.0. The van der Waals surface area contributed by atoms with Gasteiger partial charge in [-0.05, 0) is 65.2 Å². The monoisotopic (exact) mass is 576 g/mol. The Morgan fingerprint density at radius 2 is 1.69 bits per heavy atom. The van der Waals surface area contributed by atoms with Crippen molar-refractivity contribution in [1.29, 1.82) is 0 Å². The number of carbonyl (C=O) groups is 2. The number of carbonyl (C=O) groups excluding carboxylic acids is 2. The highest BCUT2D eigenvalue weighted by Crippen LogP contribution is 2.28. The van der Waals surface area contributed by atoms with Gasteiger partial charge in [-0.1, -0.05) is 71.7 Å². The summed E-state index contributed by atoms with van der Waals surface area (Å²) >= 11 is 15.8. The molecule has 0 fully saturated rings. The molecule has 0 saturated carbocycles. The highest BCUT2D eigenvalue weighted by Gasteiger charge is 2.31. The fourth-order valence-corrected chi connectivity index (χ4v) is 4.55. The Morgan fingerprint density at radius 3 is 2.34 bits per heavy atom. The molecule has 0 aliphatic heterocycles. The fourth-order valence-electron chi connectivity index (χ4n) is 3.56. The molecule has 0 aliphatic rings. The first-order valence-corrected chi connectivity index (χ1v) is 12.7. The van der Waals surface area contributed by atoms with Gasteiger partial charge in [0.05, 0.1) is 4.47 Å². The van der Waals surface area contributed by atoms with Gasteiger partial charge in [0, 0.05) is 29.1 Å². The van der Waals surface area contributed by atoms with Crippen molar-refractivity contribution in [2.75, 3.05) is 6.61 Å². The van der Waals surface area contributed by atoms with Crippen molar-refractivity contribution in [2.45, 2.75) is 38.9 Å². The minimum absolute atomic E-state index is 0.0840. The number of ether oxygens (including phenoxy) is 1. The van der Waals surface area contributed by atoms with Crippen LogP contribution in [-0.2, 0) is 22.6 Å². The zero-order chi connectivity index (χ0) is 25.4. The minimum atomic E-state index is -0.763. The third kappa shape index (κ3) is 7.99. The number of benzene rings is 3. The molecule has 8 heteroatoms. The number of halogens is 3. The maximum absolute atomic E-state index is 13.6. The first-order chi connectivity index (χ1) is 16.7. The Kier molecular flexibility index (Phi) is 10.0. The topological polar surface area (TPSA) is 58.6 Å². The summed E-state index contributed by atoms with van der Waals surface area (Å²) in [5.41, 5.74) is 1.68. The average Bonchev–Trinajstić information content (AvgIpc) is 2.82. The van der Waals surface area contributed by atoms with Crippen LogP contribution < -0.4 is 10.1 Å². The first kappa shape index (κ1) is 27.1. The lowest BCUT2D eigenvalue weighted by atomic mass is 10.0. The SMILES string of the molecule is CC(C)NC(=O)C(Cc1ccccc1)N(Cc1ccccc1Cl)C(=O)COc1ccc(Cl)cc1Br. The van der Waals surface area contributed by atoms with E-state index in [4.69, 9.17) is 27.9 Å². The number of rotatable bonds is 10. The van der Waals surface area contributed by atoms with Crippen LogP contribution in [0.4, 0.5) is 0 Å². The van der Waals surface area contributed by atoms with Crippen LogP contribution >= 0.6 is 39.1 Å². The quantitative estimate of drug-likeness (QED) is 0.308. The van der Waals surface area contributed by atoms with Crippen LogP contribution in [0.15, 0.2) is 77.3 Å². The molecule has 0 heterocycles.